The van der Waals surface area contributed by atoms with Gasteiger partial charge in [-0.25, -0.2) is 0 Å². The maximum Gasteiger partial charge on any atom is 0.122 e. The Balaban J connectivity index is 0.000000331. The largest absolute Gasteiger partial charge is 0.384 e. The molecular weight excluding hydrogens is 562 g/mol. The van der Waals surface area contributed by atoms with E-state index in [1.165, 1.54) is 61.5 Å². The van der Waals surface area contributed by atoms with Crippen LogP contribution in [0, 0.1) is 12.3 Å². The van der Waals surface area contributed by atoms with Gasteiger partial charge in [0.25, 0.3) is 0 Å². The SMILES string of the molecule is CN.Cc1ccccc1.N=C(N)c1cccc(-n2c3ccccc3c3ccc4c(cc5c6ccccc6c6ccccc6n54)c32)c1. The van der Waals surface area contributed by atoms with E-state index in [1.807, 2.05) is 36.4 Å². The van der Waals surface area contributed by atoms with E-state index in [9.17, 15) is 0 Å². The highest BCUT2D eigenvalue weighted by Gasteiger charge is 2.19. The molecule has 46 heavy (non-hydrogen) atoms. The van der Waals surface area contributed by atoms with E-state index in [0.717, 1.165) is 22.3 Å². The van der Waals surface area contributed by atoms with Gasteiger partial charge >= 0.3 is 0 Å². The van der Waals surface area contributed by atoms with Crippen LogP contribution in [0.15, 0.2) is 146 Å². The molecule has 0 saturated heterocycles. The van der Waals surface area contributed by atoms with Crippen LogP contribution in [-0.4, -0.2) is 21.9 Å². The molecule has 224 valence electrons. The predicted octanol–water partition coefficient (Wildman–Crippen LogP) is 9.35. The molecule has 0 fully saturated rings. The topological polar surface area (TPSA) is 85.2 Å². The number of hydrogen-bond donors (Lipinski definition) is 3. The Kier molecular flexibility index (Phi) is 7.45. The summed E-state index contributed by atoms with van der Waals surface area (Å²) in [4.78, 5) is 0. The van der Waals surface area contributed by atoms with Crippen molar-refractivity contribution in [1.29, 1.82) is 5.41 Å². The molecule has 5 heteroatoms. The van der Waals surface area contributed by atoms with Gasteiger partial charge < -0.3 is 20.4 Å². The maximum atomic E-state index is 8.01. The van der Waals surface area contributed by atoms with Gasteiger partial charge in [-0.2, -0.15) is 0 Å². The third kappa shape index (κ3) is 4.66. The normalized spacial score (nSPS) is 11.1. The molecule has 5 N–H and O–H groups in total. The maximum absolute atomic E-state index is 8.01. The van der Waals surface area contributed by atoms with E-state index in [-0.39, 0.29) is 5.84 Å². The van der Waals surface area contributed by atoms with Crippen molar-refractivity contribution in [2.75, 3.05) is 7.05 Å². The lowest BCUT2D eigenvalue weighted by atomic mass is 10.1. The predicted molar refractivity (Wildman–Crippen MR) is 197 cm³/mol. The van der Waals surface area contributed by atoms with Crippen molar-refractivity contribution in [2.45, 2.75) is 6.92 Å². The van der Waals surface area contributed by atoms with E-state index in [4.69, 9.17) is 11.1 Å². The van der Waals surface area contributed by atoms with Gasteiger partial charge in [-0.05, 0) is 55.8 Å². The number of nitrogens with two attached hydrogens (primary N) is 2. The molecule has 3 aromatic heterocycles. The number of aryl methyl sites for hydroxylation is 1. The summed E-state index contributed by atoms with van der Waals surface area (Å²) in [6.07, 6.45) is 0. The zero-order valence-corrected chi connectivity index (χ0v) is 25.9. The fraction of sp³-hybridized carbons (Fsp3) is 0.0488. The van der Waals surface area contributed by atoms with Crippen LogP contribution in [0.25, 0.3) is 65.6 Å². The Morgan fingerprint density at radius 2 is 1.07 bits per heavy atom. The number of rotatable bonds is 2. The Bertz CT molecular complexity index is 2540. The number of hydrogen-bond acceptors (Lipinski definition) is 2. The molecule has 0 atom stereocenters. The first-order valence-electron chi connectivity index (χ1n) is 15.4. The molecule has 0 bridgehead atoms. The summed E-state index contributed by atoms with van der Waals surface area (Å²) in [5.74, 6) is 0.0697. The lowest BCUT2D eigenvalue weighted by Crippen LogP contribution is -2.11. The molecule has 0 aliphatic carbocycles. The highest BCUT2D eigenvalue weighted by Crippen LogP contribution is 2.40. The van der Waals surface area contributed by atoms with Gasteiger partial charge in [0.2, 0.25) is 0 Å². The van der Waals surface area contributed by atoms with Crippen molar-refractivity contribution < 1.29 is 0 Å². The number of nitrogen functional groups attached to an aromatic ring is 1. The minimum Gasteiger partial charge on any atom is -0.384 e. The third-order valence-corrected chi connectivity index (χ3v) is 8.61. The Labute approximate surface area is 267 Å². The summed E-state index contributed by atoms with van der Waals surface area (Å²) in [7, 11) is 1.50. The van der Waals surface area contributed by atoms with Crippen molar-refractivity contribution in [1.82, 2.24) is 8.97 Å². The number of aromatic nitrogens is 2. The first-order valence-corrected chi connectivity index (χ1v) is 15.4. The minimum atomic E-state index is 0.0697. The Morgan fingerprint density at radius 3 is 1.72 bits per heavy atom. The van der Waals surface area contributed by atoms with Gasteiger partial charge in [-0.15, -0.1) is 0 Å². The molecule has 6 aromatic carbocycles. The fourth-order valence-electron chi connectivity index (χ4n) is 6.65. The van der Waals surface area contributed by atoms with Crippen molar-refractivity contribution in [2.24, 2.45) is 11.5 Å². The molecule has 0 radical (unpaired) electrons. The lowest BCUT2D eigenvalue weighted by molar-refractivity contribution is 1.18. The number of benzene rings is 6. The van der Waals surface area contributed by atoms with E-state index >= 15 is 0 Å². The zero-order chi connectivity index (χ0) is 31.8. The second-order valence-corrected chi connectivity index (χ2v) is 11.3. The molecule has 0 aliphatic rings. The number of nitrogens with one attached hydrogen (secondary N) is 1. The molecule has 0 aliphatic heterocycles. The summed E-state index contributed by atoms with van der Waals surface area (Å²) >= 11 is 0. The number of pyridine rings is 1. The Morgan fingerprint density at radius 1 is 0.500 bits per heavy atom. The van der Waals surface area contributed by atoms with Crippen LogP contribution in [-0.2, 0) is 0 Å². The number of para-hydroxylation sites is 2. The first-order chi connectivity index (χ1) is 22.6. The molecule has 9 rings (SSSR count). The van der Waals surface area contributed by atoms with Gasteiger partial charge in [-0.3, -0.25) is 5.41 Å². The summed E-state index contributed by atoms with van der Waals surface area (Å²) in [5.41, 5.74) is 19.3. The Hall–Kier alpha value is -5.91. The lowest BCUT2D eigenvalue weighted by Gasteiger charge is -2.11. The molecular formula is C41H35N5. The smallest absolute Gasteiger partial charge is 0.122 e. The summed E-state index contributed by atoms with van der Waals surface area (Å²) < 4.78 is 4.73. The van der Waals surface area contributed by atoms with Gasteiger partial charge in [0.15, 0.2) is 0 Å². The number of nitrogens with zero attached hydrogens (tertiary/aromatic N) is 2. The average Bonchev–Trinajstić information content (AvgIpc) is 3.67. The van der Waals surface area contributed by atoms with Crippen molar-refractivity contribution in [3.8, 4) is 5.69 Å². The molecule has 5 nitrogen and oxygen atoms in total. The van der Waals surface area contributed by atoms with Crippen LogP contribution in [0.4, 0.5) is 0 Å². The van der Waals surface area contributed by atoms with E-state index in [2.05, 4.69) is 131 Å². The van der Waals surface area contributed by atoms with E-state index in [0.29, 0.717) is 0 Å². The summed E-state index contributed by atoms with van der Waals surface area (Å²) in [6, 6.07) is 51.0. The second kappa shape index (κ2) is 11.9. The third-order valence-electron chi connectivity index (χ3n) is 8.61. The van der Waals surface area contributed by atoms with Crippen molar-refractivity contribution in [3.05, 3.63) is 157 Å². The van der Waals surface area contributed by atoms with Crippen LogP contribution in [0.1, 0.15) is 11.1 Å². The van der Waals surface area contributed by atoms with Crippen LogP contribution >= 0.6 is 0 Å². The zero-order valence-electron chi connectivity index (χ0n) is 25.9. The first kappa shape index (κ1) is 28.8. The standard InChI is InChI=1S/C33H22N4.C7H8.CH5N/c34-33(35)20-8-7-9-21(18-20)36-28-14-5-4-13-25(28)26-16-17-30-27(32(26)36)19-31-24-12-2-1-10-22(24)23-11-3-6-15-29(23)37(30)31;1-7-5-3-2-4-6-7;1-2/h1-19H,(H3,34,35);2-6H,1H3;2H2,1H3. The highest BCUT2D eigenvalue weighted by atomic mass is 15.0. The average molecular weight is 598 g/mol. The van der Waals surface area contributed by atoms with Gasteiger partial charge in [0.1, 0.15) is 5.84 Å². The van der Waals surface area contributed by atoms with Gasteiger partial charge in [0, 0.05) is 38.2 Å². The van der Waals surface area contributed by atoms with Crippen LogP contribution < -0.4 is 11.5 Å². The molecule has 0 amide bonds. The van der Waals surface area contributed by atoms with Gasteiger partial charge in [0.05, 0.1) is 27.6 Å². The number of fused-ring (bicyclic) bond motifs is 12. The quantitative estimate of drug-likeness (QED) is 0.105. The molecule has 0 unspecified atom stereocenters. The monoisotopic (exact) mass is 597 g/mol. The second-order valence-electron chi connectivity index (χ2n) is 11.3. The fourth-order valence-corrected chi connectivity index (χ4v) is 6.65. The highest BCUT2D eigenvalue weighted by molar-refractivity contribution is 6.22. The summed E-state index contributed by atoms with van der Waals surface area (Å²) in [6.45, 7) is 2.08. The molecule has 3 heterocycles. The minimum absolute atomic E-state index is 0.0697. The molecule has 0 spiro atoms. The summed E-state index contributed by atoms with van der Waals surface area (Å²) in [5, 5.41) is 15.4. The van der Waals surface area contributed by atoms with Crippen molar-refractivity contribution >= 4 is 65.7 Å². The van der Waals surface area contributed by atoms with E-state index < -0.39 is 0 Å². The number of amidine groups is 1. The van der Waals surface area contributed by atoms with Crippen LogP contribution in [0.5, 0.6) is 0 Å². The van der Waals surface area contributed by atoms with Gasteiger partial charge in [-0.1, -0.05) is 115 Å². The molecule has 0 saturated carbocycles. The van der Waals surface area contributed by atoms with Crippen LogP contribution in [0.3, 0.4) is 0 Å². The molecule has 9 aromatic rings. The van der Waals surface area contributed by atoms with E-state index in [1.54, 1.807) is 0 Å². The van der Waals surface area contributed by atoms with Crippen molar-refractivity contribution in [3.63, 3.8) is 0 Å². The van der Waals surface area contributed by atoms with Crippen LogP contribution in [0.2, 0.25) is 0 Å².